The molecule has 90 valence electrons. The second-order valence-corrected chi connectivity index (χ2v) is 3.38. The summed E-state index contributed by atoms with van der Waals surface area (Å²) in [5, 5.41) is 12.9. The van der Waals surface area contributed by atoms with Crippen LogP contribution in [0, 0.1) is 21.7 Å². The fourth-order valence-corrected chi connectivity index (χ4v) is 1.54. The van der Waals surface area contributed by atoms with Crippen molar-refractivity contribution < 1.29 is 23.2 Å². The van der Waals surface area contributed by atoms with Crippen LogP contribution < -0.4 is 5.32 Å². The number of nitro groups is 1. The summed E-state index contributed by atoms with van der Waals surface area (Å²) in [6.07, 6.45) is -0.756. The molecule has 1 unspecified atom stereocenters. The summed E-state index contributed by atoms with van der Waals surface area (Å²) in [7, 11) is 0. The third-order valence-corrected chi connectivity index (χ3v) is 2.31. The number of hydrogen-bond acceptors (Lipinski definition) is 4. The minimum atomic E-state index is -1.31. The van der Waals surface area contributed by atoms with E-state index in [0.29, 0.717) is 12.1 Å². The highest BCUT2D eigenvalue weighted by Crippen LogP contribution is 2.29. The van der Waals surface area contributed by atoms with Crippen molar-refractivity contribution in [1.82, 2.24) is 5.32 Å². The van der Waals surface area contributed by atoms with Crippen LogP contribution in [0.15, 0.2) is 12.1 Å². The smallest absolute Gasteiger partial charge is 0.407 e. The molecular weight excluding hydrogens is 238 g/mol. The Morgan fingerprint density at radius 1 is 1.41 bits per heavy atom. The minimum Gasteiger partial charge on any atom is -0.447 e. The Morgan fingerprint density at radius 3 is 2.59 bits per heavy atom. The van der Waals surface area contributed by atoms with Crippen LogP contribution in [0.5, 0.6) is 0 Å². The van der Waals surface area contributed by atoms with Gasteiger partial charge in [-0.25, -0.2) is 13.6 Å². The number of cyclic esters (lactones) is 1. The Morgan fingerprint density at radius 2 is 2.06 bits per heavy atom. The van der Waals surface area contributed by atoms with Gasteiger partial charge in [0.1, 0.15) is 6.61 Å². The molecule has 1 aliphatic heterocycles. The number of nitro benzene ring substituents is 1. The molecule has 1 fully saturated rings. The maximum atomic E-state index is 13.0. The quantitative estimate of drug-likeness (QED) is 0.633. The monoisotopic (exact) mass is 244 g/mol. The van der Waals surface area contributed by atoms with Gasteiger partial charge in [0.05, 0.1) is 22.6 Å². The molecule has 1 atom stereocenters. The van der Waals surface area contributed by atoms with Crippen molar-refractivity contribution in [3.8, 4) is 0 Å². The first-order chi connectivity index (χ1) is 7.99. The van der Waals surface area contributed by atoms with Gasteiger partial charge in [-0.3, -0.25) is 10.1 Å². The molecule has 0 spiro atoms. The van der Waals surface area contributed by atoms with Crippen molar-refractivity contribution >= 4 is 11.8 Å². The van der Waals surface area contributed by atoms with Crippen LogP contribution in [0.2, 0.25) is 0 Å². The lowest BCUT2D eigenvalue weighted by molar-refractivity contribution is -0.386. The molecule has 0 radical (unpaired) electrons. The molecule has 0 aromatic heterocycles. The van der Waals surface area contributed by atoms with Gasteiger partial charge in [-0.2, -0.15) is 0 Å². The molecule has 6 nitrogen and oxygen atoms in total. The lowest BCUT2D eigenvalue weighted by Gasteiger charge is -2.08. The second kappa shape index (κ2) is 3.96. The van der Waals surface area contributed by atoms with Crippen LogP contribution in [-0.2, 0) is 4.74 Å². The van der Waals surface area contributed by atoms with Crippen LogP contribution in [0.1, 0.15) is 11.6 Å². The van der Waals surface area contributed by atoms with Crippen molar-refractivity contribution in [2.75, 3.05) is 6.61 Å². The summed E-state index contributed by atoms with van der Waals surface area (Å²) in [4.78, 5) is 20.6. The largest absolute Gasteiger partial charge is 0.447 e. The van der Waals surface area contributed by atoms with Gasteiger partial charge in [0.25, 0.3) is 5.69 Å². The Hall–Kier alpha value is -2.25. The SMILES string of the molecule is O=C1NC(c2cc(F)c(F)cc2[N+](=O)[O-])CO1. The molecule has 1 aromatic carbocycles. The predicted octanol–water partition coefficient (Wildman–Crippen LogP) is 1.65. The Labute approximate surface area is 93.3 Å². The molecule has 1 N–H and O–H groups in total. The summed E-state index contributed by atoms with van der Waals surface area (Å²) >= 11 is 0. The lowest BCUT2D eigenvalue weighted by atomic mass is 10.1. The third kappa shape index (κ3) is 2.01. The van der Waals surface area contributed by atoms with Gasteiger partial charge in [0.15, 0.2) is 11.6 Å². The standard InChI is InChI=1S/C9H6F2N2O4/c10-5-1-4(7-3-17-9(14)12-7)8(13(15)16)2-6(5)11/h1-2,7H,3H2,(H,12,14). The fraction of sp³-hybridized carbons (Fsp3) is 0.222. The summed E-state index contributed by atoms with van der Waals surface area (Å²) in [5.41, 5.74) is -0.723. The number of nitrogens with zero attached hydrogens (tertiary/aromatic N) is 1. The van der Waals surface area contributed by atoms with Gasteiger partial charge >= 0.3 is 6.09 Å². The molecule has 17 heavy (non-hydrogen) atoms. The molecule has 0 aliphatic carbocycles. The maximum Gasteiger partial charge on any atom is 0.407 e. The fourth-order valence-electron chi connectivity index (χ4n) is 1.54. The van der Waals surface area contributed by atoms with Crippen LogP contribution in [0.4, 0.5) is 19.3 Å². The van der Waals surface area contributed by atoms with Crippen LogP contribution in [-0.4, -0.2) is 17.6 Å². The molecular formula is C9H6F2N2O4. The van der Waals surface area contributed by atoms with E-state index in [-0.39, 0.29) is 12.2 Å². The van der Waals surface area contributed by atoms with E-state index in [4.69, 9.17) is 0 Å². The summed E-state index contributed by atoms with van der Waals surface area (Å²) < 4.78 is 30.4. The molecule has 8 heteroatoms. The van der Waals surface area contributed by atoms with Gasteiger partial charge < -0.3 is 10.1 Å². The topological polar surface area (TPSA) is 81.5 Å². The molecule has 0 saturated carbocycles. The number of hydrogen-bond donors (Lipinski definition) is 1. The van der Waals surface area contributed by atoms with Crippen molar-refractivity contribution in [1.29, 1.82) is 0 Å². The number of halogens is 2. The van der Waals surface area contributed by atoms with E-state index >= 15 is 0 Å². The van der Waals surface area contributed by atoms with E-state index in [0.717, 1.165) is 0 Å². The average Bonchev–Trinajstić information content (AvgIpc) is 2.68. The normalized spacial score (nSPS) is 18.7. The van der Waals surface area contributed by atoms with Crippen LogP contribution >= 0.6 is 0 Å². The molecule has 1 amide bonds. The highest BCUT2D eigenvalue weighted by molar-refractivity contribution is 5.70. The molecule has 1 aliphatic rings. The molecule has 1 heterocycles. The first kappa shape index (κ1) is 11.2. The van der Waals surface area contributed by atoms with E-state index < -0.39 is 34.4 Å². The molecule has 1 aromatic rings. The maximum absolute atomic E-state index is 13.0. The van der Waals surface area contributed by atoms with Gasteiger partial charge in [0.2, 0.25) is 0 Å². The van der Waals surface area contributed by atoms with Crippen molar-refractivity contribution in [3.05, 3.63) is 39.4 Å². The van der Waals surface area contributed by atoms with Crippen LogP contribution in [0.3, 0.4) is 0 Å². The Bertz CT molecular complexity index is 506. The summed E-state index contributed by atoms with van der Waals surface area (Å²) in [6, 6.07) is 0.320. The number of carbonyl (C=O) groups excluding carboxylic acids is 1. The highest BCUT2D eigenvalue weighted by atomic mass is 19.2. The average molecular weight is 244 g/mol. The number of nitrogens with one attached hydrogen (secondary N) is 1. The van der Waals surface area contributed by atoms with Crippen LogP contribution in [0.25, 0.3) is 0 Å². The second-order valence-electron chi connectivity index (χ2n) is 3.38. The Balaban J connectivity index is 2.47. The first-order valence-electron chi connectivity index (χ1n) is 4.55. The Kier molecular flexibility index (Phi) is 2.62. The van der Waals surface area contributed by atoms with E-state index in [9.17, 15) is 23.7 Å². The number of rotatable bonds is 2. The van der Waals surface area contributed by atoms with E-state index in [1.54, 1.807) is 0 Å². The first-order valence-corrected chi connectivity index (χ1v) is 4.55. The zero-order valence-corrected chi connectivity index (χ0v) is 8.28. The summed E-state index contributed by atoms with van der Waals surface area (Å²) in [6.45, 7) is -0.162. The number of alkyl carbamates (subject to hydrolysis) is 1. The van der Waals surface area contributed by atoms with Crippen molar-refractivity contribution in [2.24, 2.45) is 0 Å². The third-order valence-electron chi connectivity index (χ3n) is 2.31. The van der Waals surface area contributed by atoms with E-state index in [2.05, 4.69) is 10.1 Å². The highest BCUT2D eigenvalue weighted by Gasteiger charge is 2.31. The zero-order chi connectivity index (χ0) is 12.6. The molecule has 2 rings (SSSR count). The van der Waals surface area contributed by atoms with Crippen molar-refractivity contribution in [2.45, 2.75) is 6.04 Å². The number of amides is 1. The lowest BCUT2D eigenvalue weighted by Crippen LogP contribution is -2.19. The van der Waals surface area contributed by atoms with Gasteiger partial charge in [-0.05, 0) is 6.07 Å². The van der Waals surface area contributed by atoms with Gasteiger partial charge in [0, 0.05) is 0 Å². The number of benzene rings is 1. The number of carbonyl (C=O) groups is 1. The van der Waals surface area contributed by atoms with Gasteiger partial charge in [-0.15, -0.1) is 0 Å². The van der Waals surface area contributed by atoms with Crippen molar-refractivity contribution in [3.63, 3.8) is 0 Å². The van der Waals surface area contributed by atoms with E-state index in [1.807, 2.05) is 0 Å². The molecule has 0 bridgehead atoms. The zero-order valence-electron chi connectivity index (χ0n) is 8.28. The number of ether oxygens (including phenoxy) is 1. The summed E-state index contributed by atoms with van der Waals surface area (Å²) in [5.74, 6) is -2.53. The predicted molar refractivity (Wildman–Crippen MR) is 50.2 cm³/mol. The van der Waals surface area contributed by atoms with Gasteiger partial charge in [-0.1, -0.05) is 0 Å². The minimum absolute atomic E-state index is 0.125. The van der Waals surface area contributed by atoms with E-state index in [1.165, 1.54) is 0 Å². The molecule has 1 saturated heterocycles.